The lowest BCUT2D eigenvalue weighted by molar-refractivity contribution is -0.389. The van der Waals surface area contributed by atoms with Gasteiger partial charge in [-0.3, -0.25) is 4.79 Å². The number of rotatable bonds is 5. The number of alkyl halides is 3. The van der Waals surface area contributed by atoms with Crippen molar-refractivity contribution in [3.63, 3.8) is 0 Å². The molecule has 0 bridgehead atoms. The largest absolute Gasteiger partial charge is 0.406 e. The van der Waals surface area contributed by atoms with Gasteiger partial charge in [-0.05, 0) is 29.8 Å². The van der Waals surface area contributed by atoms with Gasteiger partial charge in [0, 0.05) is 17.0 Å². The number of aromatic nitrogens is 3. The Balaban J connectivity index is 2.22. The highest BCUT2D eigenvalue weighted by molar-refractivity contribution is 5.97. The Morgan fingerprint density at radius 1 is 1.39 bits per heavy atom. The molecule has 0 fully saturated rings. The van der Waals surface area contributed by atoms with Crippen LogP contribution in [-0.2, 0) is 13.1 Å². The van der Waals surface area contributed by atoms with Gasteiger partial charge < -0.3 is 19.2 Å². The lowest BCUT2D eigenvalue weighted by Crippen LogP contribution is -2.20. The van der Waals surface area contributed by atoms with Crippen molar-refractivity contribution in [1.82, 2.24) is 14.1 Å². The molecule has 0 aliphatic rings. The van der Waals surface area contributed by atoms with Crippen LogP contribution in [0.5, 0.6) is 0 Å². The fraction of sp³-hybridized carbons (Fsp3) is 0.385. The van der Waals surface area contributed by atoms with E-state index in [1.165, 1.54) is 24.5 Å². The number of hydrogen-bond donors (Lipinski definition) is 0. The quantitative estimate of drug-likeness (QED) is 0.479. The average Bonchev–Trinajstić information content (AvgIpc) is 2.97. The zero-order valence-corrected chi connectivity index (χ0v) is 12.3. The molecule has 2 heterocycles. The van der Waals surface area contributed by atoms with Crippen LogP contribution in [0.3, 0.4) is 0 Å². The molecular formula is C13H13F3N4O3. The summed E-state index contributed by atoms with van der Waals surface area (Å²) in [4.78, 5) is 25.6. The van der Waals surface area contributed by atoms with Crippen LogP contribution in [0.2, 0.25) is 0 Å². The third-order valence-electron chi connectivity index (χ3n) is 3.34. The highest BCUT2D eigenvalue weighted by Gasteiger charge is 2.30. The highest BCUT2D eigenvalue weighted by Crippen LogP contribution is 2.23. The summed E-state index contributed by atoms with van der Waals surface area (Å²) in [6.45, 7) is 1.51. The standard InChI is InChI=1S/C13H13F3N4O3/c1-8-3-10(9(2)19(8)6-13(14,15)16)11(21)4-18-5-12(17-7-18)20(22)23/h3,5,7H,4,6H2,1-2H3. The van der Waals surface area contributed by atoms with Crippen LogP contribution in [0.15, 0.2) is 18.6 Å². The molecule has 0 radical (unpaired) electrons. The molecule has 124 valence electrons. The fourth-order valence-corrected chi connectivity index (χ4v) is 2.29. The average molecular weight is 330 g/mol. The Hall–Kier alpha value is -2.65. The van der Waals surface area contributed by atoms with Gasteiger partial charge in [0.1, 0.15) is 12.7 Å². The smallest absolute Gasteiger partial charge is 0.358 e. The first-order valence-electron chi connectivity index (χ1n) is 6.51. The summed E-state index contributed by atoms with van der Waals surface area (Å²) in [7, 11) is 0. The molecule has 0 aromatic carbocycles. The van der Waals surface area contributed by atoms with E-state index in [0.29, 0.717) is 5.69 Å². The molecule has 0 saturated heterocycles. The molecule has 7 nitrogen and oxygen atoms in total. The molecule has 0 spiro atoms. The van der Waals surface area contributed by atoms with E-state index in [9.17, 15) is 28.1 Å². The number of ketones is 1. The van der Waals surface area contributed by atoms with Crippen LogP contribution < -0.4 is 0 Å². The Morgan fingerprint density at radius 3 is 2.57 bits per heavy atom. The molecule has 23 heavy (non-hydrogen) atoms. The second kappa shape index (κ2) is 5.86. The number of carbonyl (C=O) groups is 1. The van der Waals surface area contributed by atoms with Gasteiger partial charge in [-0.1, -0.05) is 0 Å². The van der Waals surface area contributed by atoms with Gasteiger partial charge in [-0.15, -0.1) is 0 Å². The Bertz CT molecular complexity index is 761. The summed E-state index contributed by atoms with van der Waals surface area (Å²) in [6, 6.07) is 1.38. The summed E-state index contributed by atoms with van der Waals surface area (Å²) in [5.41, 5.74) is 0.683. The predicted octanol–water partition coefficient (Wildman–Crippen LogP) is 2.65. The Morgan fingerprint density at radius 2 is 2.04 bits per heavy atom. The number of halogens is 3. The molecule has 0 saturated carbocycles. The predicted molar refractivity (Wildman–Crippen MR) is 73.2 cm³/mol. The third kappa shape index (κ3) is 3.76. The first-order chi connectivity index (χ1) is 10.6. The number of carbonyl (C=O) groups excluding carboxylic acids is 1. The van der Waals surface area contributed by atoms with E-state index in [0.717, 1.165) is 17.1 Å². The second-order valence-electron chi connectivity index (χ2n) is 5.07. The highest BCUT2D eigenvalue weighted by atomic mass is 19.4. The summed E-state index contributed by atoms with van der Waals surface area (Å²) >= 11 is 0. The Labute approximate surface area is 128 Å². The Kier molecular flexibility index (Phi) is 4.26. The van der Waals surface area contributed by atoms with Crippen molar-refractivity contribution in [2.24, 2.45) is 0 Å². The van der Waals surface area contributed by atoms with Crippen molar-refractivity contribution in [3.05, 3.63) is 45.7 Å². The molecule has 0 N–H and O–H groups in total. The van der Waals surface area contributed by atoms with Gasteiger partial charge in [0.2, 0.25) is 6.33 Å². The van der Waals surface area contributed by atoms with Crippen LogP contribution >= 0.6 is 0 Å². The number of nitro groups is 1. The molecule has 0 aliphatic heterocycles. The maximum Gasteiger partial charge on any atom is 0.406 e. The van der Waals surface area contributed by atoms with E-state index < -0.39 is 29.2 Å². The molecule has 0 amide bonds. The lowest BCUT2D eigenvalue weighted by atomic mass is 10.1. The van der Waals surface area contributed by atoms with Gasteiger partial charge in [-0.25, -0.2) is 0 Å². The van der Waals surface area contributed by atoms with Crippen LogP contribution in [0.4, 0.5) is 19.0 Å². The van der Waals surface area contributed by atoms with E-state index in [1.807, 2.05) is 0 Å². The molecular weight excluding hydrogens is 317 g/mol. The minimum Gasteiger partial charge on any atom is -0.358 e. The molecule has 0 aliphatic carbocycles. The van der Waals surface area contributed by atoms with Crippen molar-refractivity contribution < 1.29 is 22.9 Å². The van der Waals surface area contributed by atoms with Crippen molar-refractivity contribution in [3.8, 4) is 0 Å². The SMILES string of the molecule is Cc1cc(C(=O)Cn2cnc([N+](=O)[O-])c2)c(C)n1CC(F)(F)F. The fourth-order valence-electron chi connectivity index (χ4n) is 2.29. The van der Waals surface area contributed by atoms with Crippen LogP contribution in [0.25, 0.3) is 0 Å². The van der Waals surface area contributed by atoms with Crippen molar-refractivity contribution in [1.29, 1.82) is 0 Å². The second-order valence-corrected chi connectivity index (χ2v) is 5.07. The maximum absolute atomic E-state index is 12.6. The summed E-state index contributed by atoms with van der Waals surface area (Å²) < 4.78 is 39.9. The normalized spacial score (nSPS) is 11.7. The van der Waals surface area contributed by atoms with Gasteiger partial charge in [-0.2, -0.15) is 13.2 Å². The number of hydrogen-bond acceptors (Lipinski definition) is 4. The topological polar surface area (TPSA) is 83.0 Å². The first kappa shape index (κ1) is 16.7. The number of nitrogens with zero attached hydrogens (tertiary/aromatic N) is 4. The van der Waals surface area contributed by atoms with E-state index >= 15 is 0 Å². The van der Waals surface area contributed by atoms with Crippen molar-refractivity contribution >= 4 is 11.6 Å². The monoisotopic (exact) mass is 330 g/mol. The van der Waals surface area contributed by atoms with Gasteiger partial charge in [0.15, 0.2) is 5.78 Å². The number of Topliss-reactive ketones (excluding diaryl/α,β-unsaturated/α-hetero) is 1. The molecule has 0 atom stereocenters. The zero-order valence-electron chi connectivity index (χ0n) is 12.3. The number of aryl methyl sites for hydroxylation is 1. The molecule has 2 aromatic heterocycles. The summed E-state index contributed by atoms with van der Waals surface area (Å²) in [5.74, 6) is -0.848. The van der Waals surface area contributed by atoms with E-state index in [4.69, 9.17) is 0 Å². The third-order valence-corrected chi connectivity index (χ3v) is 3.34. The van der Waals surface area contributed by atoms with Crippen LogP contribution in [0.1, 0.15) is 21.7 Å². The van der Waals surface area contributed by atoms with E-state index in [2.05, 4.69) is 4.98 Å². The van der Waals surface area contributed by atoms with Crippen molar-refractivity contribution in [2.45, 2.75) is 33.1 Å². The van der Waals surface area contributed by atoms with E-state index in [1.54, 1.807) is 0 Å². The van der Waals surface area contributed by atoms with Gasteiger partial charge in [0.05, 0.1) is 6.54 Å². The van der Waals surface area contributed by atoms with Crippen LogP contribution in [0, 0.1) is 24.0 Å². The minimum absolute atomic E-state index is 0.156. The minimum atomic E-state index is -4.39. The summed E-state index contributed by atoms with van der Waals surface area (Å²) in [6.07, 6.45) is -2.17. The van der Waals surface area contributed by atoms with Crippen molar-refractivity contribution in [2.75, 3.05) is 0 Å². The number of imidazole rings is 1. The van der Waals surface area contributed by atoms with Crippen LogP contribution in [-0.4, -0.2) is 31.0 Å². The molecule has 2 rings (SSSR count). The first-order valence-corrected chi connectivity index (χ1v) is 6.51. The molecule has 10 heteroatoms. The van der Waals surface area contributed by atoms with Gasteiger partial charge >= 0.3 is 12.0 Å². The maximum atomic E-state index is 12.6. The van der Waals surface area contributed by atoms with E-state index in [-0.39, 0.29) is 17.8 Å². The zero-order chi connectivity index (χ0) is 17.4. The lowest BCUT2D eigenvalue weighted by Gasteiger charge is -2.12. The molecule has 0 unspecified atom stereocenters. The molecule has 2 aromatic rings. The van der Waals surface area contributed by atoms with Gasteiger partial charge in [0.25, 0.3) is 0 Å². The summed E-state index contributed by atoms with van der Waals surface area (Å²) in [5, 5.41) is 10.5.